The van der Waals surface area contributed by atoms with Gasteiger partial charge in [0, 0.05) is 31.0 Å². The number of anilines is 1. The fraction of sp³-hybridized carbons (Fsp3) is 0.409. The lowest BCUT2D eigenvalue weighted by Crippen LogP contribution is -3.13. The van der Waals surface area contributed by atoms with Crippen LogP contribution < -0.4 is 9.80 Å². The molecule has 1 aliphatic heterocycles. The minimum atomic E-state index is -0.426. The quantitative estimate of drug-likeness (QED) is 0.836. The van der Waals surface area contributed by atoms with Crippen LogP contribution in [0.15, 0.2) is 60.7 Å². The Bertz CT molecular complexity index is 682. The molecule has 2 aromatic rings. The molecular formula is C22H29N2O2+. The van der Waals surface area contributed by atoms with E-state index in [1.807, 2.05) is 72.5 Å². The maximum atomic E-state index is 12.5. The second-order valence-electron chi connectivity index (χ2n) is 7.06. The predicted octanol–water partition coefficient (Wildman–Crippen LogP) is 2.21. The van der Waals surface area contributed by atoms with Gasteiger partial charge in [-0.3, -0.25) is 4.79 Å². The molecule has 1 unspecified atom stereocenters. The van der Waals surface area contributed by atoms with Gasteiger partial charge in [0.1, 0.15) is 12.6 Å². The normalized spacial score (nSPS) is 21.2. The number of hydrogen-bond acceptors (Lipinski definition) is 2. The zero-order valence-electron chi connectivity index (χ0n) is 15.5. The molecule has 138 valence electrons. The molecule has 0 spiro atoms. The molecule has 0 aromatic heterocycles. The van der Waals surface area contributed by atoms with Crippen molar-refractivity contribution in [2.45, 2.75) is 38.3 Å². The van der Waals surface area contributed by atoms with Crippen LogP contribution in [0.3, 0.4) is 0 Å². The van der Waals surface area contributed by atoms with Crippen LogP contribution >= 0.6 is 0 Å². The molecule has 26 heavy (non-hydrogen) atoms. The van der Waals surface area contributed by atoms with Gasteiger partial charge in [-0.05, 0) is 17.7 Å². The first-order valence-corrected chi connectivity index (χ1v) is 9.62. The van der Waals surface area contributed by atoms with Crippen LogP contribution in [0.5, 0.6) is 0 Å². The minimum absolute atomic E-state index is 0.189. The van der Waals surface area contributed by atoms with E-state index in [4.69, 9.17) is 0 Å². The summed E-state index contributed by atoms with van der Waals surface area (Å²) in [5, 5.41) is 10.5. The average Bonchev–Trinajstić information content (AvgIpc) is 2.71. The first kappa shape index (κ1) is 18.6. The summed E-state index contributed by atoms with van der Waals surface area (Å²) in [6, 6.07) is 20.1. The van der Waals surface area contributed by atoms with Gasteiger partial charge < -0.3 is 14.9 Å². The topological polar surface area (TPSA) is 45.0 Å². The number of aliphatic hydroxyl groups excluding tert-OH is 1. The summed E-state index contributed by atoms with van der Waals surface area (Å²) in [7, 11) is 0. The molecule has 2 N–H and O–H groups in total. The molecule has 2 aromatic carbocycles. The SMILES string of the molecule is CCC(=O)N(c1ccccc1)C1CC[NH+](CC(O)c2ccccc2)CC1. The summed E-state index contributed by atoms with van der Waals surface area (Å²) >= 11 is 0. The number of rotatable bonds is 6. The van der Waals surface area contributed by atoms with Gasteiger partial charge in [-0.25, -0.2) is 0 Å². The fourth-order valence-corrected chi connectivity index (χ4v) is 3.86. The Morgan fingerprint density at radius 1 is 1.08 bits per heavy atom. The zero-order valence-corrected chi connectivity index (χ0v) is 15.5. The lowest BCUT2D eigenvalue weighted by atomic mass is 10.0. The number of aliphatic hydroxyl groups is 1. The van der Waals surface area contributed by atoms with Gasteiger partial charge in [0.2, 0.25) is 5.91 Å². The zero-order chi connectivity index (χ0) is 18.4. The second-order valence-corrected chi connectivity index (χ2v) is 7.06. The molecule has 0 bridgehead atoms. The molecule has 0 radical (unpaired) electrons. The Kier molecular flexibility index (Phi) is 6.42. The molecule has 0 saturated carbocycles. The molecule has 1 saturated heterocycles. The number of benzene rings is 2. The average molecular weight is 353 g/mol. The van der Waals surface area contributed by atoms with Crippen molar-refractivity contribution >= 4 is 11.6 Å². The molecule has 1 amide bonds. The van der Waals surface area contributed by atoms with Gasteiger partial charge in [-0.15, -0.1) is 0 Å². The first-order chi connectivity index (χ1) is 12.7. The van der Waals surface area contributed by atoms with Crippen molar-refractivity contribution in [1.29, 1.82) is 0 Å². The highest BCUT2D eigenvalue weighted by Crippen LogP contribution is 2.22. The van der Waals surface area contributed by atoms with Gasteiger partial charge in [0.15, 0.2) is 0 Å². The maximum Gasteiger partial charge on any atom is 0.226 e. The Morgan fingerprint density at radius 2 is 1.65 bits per heavy atom. The number of carbonyl (C=O) groups is 1. The highest BCUT2D eigenvalue weighted by molar-refractivity contribution is 5.93. The number of para-hydroxylation sites is 1. The van der Waals surface area contributed by atoms with Crippen molar-refractivity contribution in [3.05, 3.63) is 66.2 Å². The number of nitrogens with zero attached hydrogens (tertiary/aromatic N) is 1. The molecule has 4 nitrogen and oxygen atoms in total. The van der Waals surface area contributed by atoms with E-state index in [9.17, 15) is 9.90 Å². The standard InChI is InChI=1S/C22H28N2O2/c1-2-22(26)24(19-11-7-4-8-12-19)20-13-15-23(16-14-20)17-21(25)18-9-5-3-6-10-18/h3-12,20-21,25H,2,13-17H2,1H3/p+1. The predicted molar refractivity (Wildman–Crippen MR) is 104 cm³/mol. The van der Waals surface area contributed by atoms with Crippen LogP contribution in [0.4, 0.5) is 5.69 Å². The van der Waals surface area contributed by atoms with Gasteiger partial charge in [-0.1, -0.05) is 55.5 Å². The Labute approximate surface area is 156 Å². The first-order valence-electron chi connectivity index (χ1n) is 9.62. The third-order valence-corrected chi connectivity index (χ3v) is 5.30. The number of amides is 1. The monoisotopic (exact) mass is 353 g/mol. The van der Waals surface area contributed by atoms with Crippen LogP contribution in [0, 0.1) is 0 Å². The van der Waals surface area contributed by atoms with E-state index in [0.29, 0.717) is 6.42 Å². The van der Waals surface area contributed by atoms with Crippen molar-refractivity contribution in [3.8, 4) is 0 Å². The van der Waals surface area contributed by atoms with E-state index in [-0.39, 0.29) is 11.9 Å². The van der Waals surface area contributed by atoms with Crippen LogP contribution in [0.1, 0.15) is 37.9 Å². The van der Waals surface area contributed by atoms with Gasteiger partial charge in [0.05, 0.1) is 13.1 Å². The summed E-state index contributed by atoms with van der Waals surface area (Å²) < 4.78 is 0. The van der Waals surface area contributed by atoms with E-state index in [1.165, 1.54) is 4.90 Å². The van der Waals surface area contributed by atoms with Gasteiger partial charge in [-0.2, -0.15) is 0 Å². The fourth-order valence-electron chi connectivity index (χ4n) is 3.86. The van der Waals surface area contributed by atoms with Crippen LogP contribution in [0.2, 0.25) is 0 Å². The van der Waals surface area contributed by atoms with Crippen LogP contribution in [0.25, 0.3) is 0 Å². The van der Waals surface area contributed by atoms with Crippen molar-refractivity contribution in [2.24, 2.45) is 0 Å². The molecule has 3 rings (SSSR count). The Hall–Kier alpha value is -2.17. The molecule has 1 aliphatic rings. The third kappa shape index (κ3) is 4.51. The molecule has 4 heteroatoms. The number of nitrogens with one attached hydrogen (secondary N) is 1. The van der Waals surface area contributed by atoms with Gasteiger partial charge in [0.25, 0.3) is 0 Å². The minimum Gasteiger partial charge on any atom is -0.382 e. The lowest BCUT2D eigenvalue weighted by molar-refractivity contribution is -0.908. The summed E-state index contributed by atoms with van der Waals surface area (Å²) in [5.41, 5.74) is 1.98. The van der Waals surface area contributed by atoms with Crippen LogP contribution in [-0.2, 0) is 4.79 Å². The Morgan fingerprint density at radius 3 is 2.23 bits per heavy atom. The van der Waals surface area contributed by atoms with Crippen molar-refractivity contribution in [3.63, 3.8) is 0 Å². The summed E-state index contributed by atoms with van der Waals surface area (Å²) in [4.78, 5) is 15.9. The molecule has 1 heterocycles. The molecule has 1 fully saturated rings. The molecule has 0 aliphatic carbocycles. The van der Waals surface area contributed by atoms with Gasteiger partial charge >= 0.3 is 0 Å². The Balaban J connectivity index is 1.60. The number of carbonyl (C=O) groups excluding carboxylic acids is 1. The van der Waals surface area contributed by atoms with Crippen molar-refractivity contribution < 1.29 is 14.8 Å². The number of likely N-dealkylation sites (tertiary alicyclic amines) is 1. The smallest absolute Gasteiger partial charge is 0.226 e. The van der Waals surface area contributed by atoms with Crippen molar-refractivity contribution in [1.82, 2.24) is 0 Å². The number of hydrogen-bond donors (Lipinski definition) is 2. The summed E-state index contributed by atoms with van der Waals surface area (Å²) in [6.07, 6.45) is 2.04. The van der Waals surface area contributed by atoms with Crippen LogP contribution in [-0.4, -0.2) is 36.7 Å². The number of quaternary nitrogens is 1. The summed E-state index contributed by atoms with van der Waals surface area (Å²) in [6.45, 7) is 4.61. The third-order valence-electron chi connectivity index (χ3n) is 5.30. The largest absolute Gasteiger partial charge is 0.382 e. The highest BCUT2D eigenvalue weighted by Gasteiger charge is 2.31. The van der Waals surface area contributed by atoms with E-state index >= 15 is 0 Å². The maximum absolute atomic E-state index is 12.5. The van der Waals surface area contributed by atoms with E-state index in [2.05, 4.69) is 0 Å². The van der Waals surface area contributed by atoms with Crippen molar-refractivity contribution in [2.75, 3.05) is 24.5 Å². The van der Waals surface area contributed by atoms with E-state index in [1.54, 1.807) is 0 Å². The molecular weight excluding hydrogens is 324 g/mol. The number of piperidine rings is 1. The lowest BCUT2D eigenvalue weighted by Gasteiger charge is -2.37. The van der Waals surface area contributed by atoms with E-state index < -0.39 is 6.10 Å². The highest BCUT2D eigenvalue weighted by atomic mass is 16.3. The molecule has 1 atom stereocenters. The summed E-state index contributed by atoms with van der Waals surface area (Å²) in [5.74, 6) is 0.189. The van der Waals surface area contributed by atoms with E-state index in [0.717, 1.165) is 43.7 Å². The second kappa shape index (κ2) is 8.97.